The number of nitrogens with one attached hydrogen (secondary N) is 2. The summed E-state index contributed by atoms with van der Waals surface area (Å²) < 4.78 is 12.0. The zero-order valence-electron chi connectivity index (χ0n) is 12.2. The third-order valence-corrected chi connectivity index (χ3v) is 4.89. The molecule has 0 bridgehead atoms. The molecule has 4 nitrogen and oxygen atoms in total. The van der Waals surface area contributed by atoms with E-state index in [1.165, 1.54) is 15.6 Å². The Morgan fingerprint density at radius 1 is 1.13 bits per heavy atom. The number of anilines is 1. The second-order valence-electron chi connectivity index (χ2n) is 5.13. The van der Waals surface area contributed by atoms with Crippen LogP contribution in [0, 0.1) is 0 Å². The molecule has 0 aliphatic carbocycles. The van der Waals surface area contributed by atoms with Crippen molar-refractivity contribution in [3.63, 3.8) is 0 Å². The molecule has 4 rings (SSSR count). The standard InChI is InChI=1S/C17H14N2O2S2/c22-17(19-12-5-6-14-15(7-12)21-10-20-14)18-8-11-9-23-16-4-2-1-3-13(11)16/h1-7,9H,8,10H2,(H2,18,19,22). The van der Waals surface area contributed by atoms with E-state index in [2.05, 4.69) is 40.3 Å². The second-order valence-corrected chi connectivity index (χ2v) is 6.45. The number of hydrogen-bond acceptors (Lipinski definition) is 4. The van der Waals surface area contributed by atoms with Gasteiger partial charge in [-0.15, -0.1) is 11.3 Å². The third-order valence-electron chi connectivity index (χ3n) is 3.63. The Labute approximate surface area is 143 Å². The summed E-state index contributed by atoms with van der Waals surface area (Å²) in [7, 11) is 0. The van der Waals surface area contributed by atoms with E-state index in [9.17, 15) is 0 Å². The lowest BCUT2D eigenvalue weighted by molar-refractivity contribution is 0.174. The normalized spacial score (nSPS) is 12.3. The maximum Gasteiger partial charge on any atom is 0.231 e. The molecule has 0 spiro atoms. The van der Waals surface area contributed by atoms with Gasteiger partial charge in [-0.3, -0.25) is 0 Å². The first kappa shape index (κ1) is 14.3. The van der Waals surface area contributed by atoms with Gasteiger partial charge >= 0.3 is 0 Å². The number of hydrogen-bond donors (Lipinski definition) is 2. The third kappa shape index (κ3) is 2.95. The van der Waals surface area contributed by atoms with Crippen LogP contribution in [0.1, 0.15) is 5.56 Å². The number of ether oxygens (including phenoxy) is 2. The molecule has 1 aliphatic rings. The summed E-state index contributed by atoms with van der Waals surface area (Å²) >= 11 is 7.12. The molecular formula is C17H14N2O2S2. The summed E-state index contributed by atoms with van der Waals surface area (Å²) in [5.41, 5.74) is 2.13. The Bertz CT molecular complexity index is 876. The van der Waals surface area contributed by atoms with Crippen molar-refractivity contribution in [3.05, 3.63) is 53.4 Å². The van der Waals surface area contributed by atoms with Crippen LogP contribution in [0.15, 0.2) is 47.8 Å². The minimum Gasteiger partial charge on any atom is -0.454 e. The topological polar surface area (TPSA) is 42.5 Å². The van der Waals surface area contributed by atoms with Gasteiger partial charge in [-0.2, -0.15) is 0 Å². The molecule has 1 aromatic heterocycles. The number of fused-ring (bicyclic) bond motifs is 2. The van der Waals surface area contributed by atoms with E-state index in [1.807, 2.05) is 18.2 Å². The van der Waals surface area contributed by atoms with Crippen molar-refractivity contribution in [3.8, 4) is 11.5 Å². The van der Waals surface area contributed by atoms with Gasteiger partial charge in [0.1, 0.15) is 0 Å². The Morgan fingerprint density at radius 3 is 2.96 bits per heavy atom. The zero-order chi connectivity index (χ0) is 15.6. The van der Waals surface area contributed by atoms with Crippen molar-refractivity contribution in [1.82, 2.24) is 5.32 Å². The van der Waals surface area contributed by atoms with E-state index >= 15 is 0 Å². The highest BCUT2D eigenvalue weighted by atomic mass is 32.1. The highest BCUT2D eigenvalue weighted by Crippen LogP contribution is 2.34. The molecule has 0 radical (unpaired) electrons. The van der Waals surface area contributed by atoms with E-state index in [0.29, 0.717) is 11.7 Å². The molecule has 0 amide bonds. The number of thiocarbonyl (C=S) groups is 1. The van der Waals surface area contributed by atoms with Crippen LogP contribution in [0.4, 0.5) is 5.69 Å². The highest BCUT2D eigenvalue weighted by Gasteiger charge is 2.13. The van der Waals surface area contributed by atoms with Crippen LogP contribution in [-0.4, -0.2) is 11.9 Å². The van der Waals surface area contributed by atoms with Gasteiger partial charge in [0, 0.05) is 23.0 Å². The number of thiophene rings is 1. The van der Waals surface area contributed by atoms with Gasteiger partial charge in [-0.25, -0.2) is 0 Å². The first-order valence-electron chi connectivity index (χ1n) is 7.19. The molecule has 0 unspecified atom stereocenters. The number of rotatable bonds is 3. The molecule has 6 heteroatoms. The summed E-state index contributed by atoms with van der Waals surface area (Å²) in [6, 6.07) is 14.1. The lowest BCUT2D eigenvalue weighted by Gasteiger charge is -2.10. The average Bonchev–Trinajstić information content (AvgIpc) is 3.19. The predicted molar refractivity (Wildman–Crippen MR) is 97.5 cm³/mol. The van der Waals surface area contributed by atoms with E-state index in [4.69, 9.17) is 21.7 Å². The van der Waals surface area contributed by atoms with E-state index < -0.39 is 0 Å². The van der Waals surface area contributed by atoms with Gasteiger partial charge in [0.2, 0.25) is 6.79 Å². The van der Waals surface area contributed by atoms with E-state index in [1.54, 1.807) is 11.3 Å². The summed E-state index contributed by atoms with van der Waals surface area (Å²) in [6.45, 7) is 0.965. The largest absolute Gasteiger partial charge is 0.454 e. The summed E-state index contributed by atoms with van der Waals surface area (Å²) in [5.74, 6) is 1.50. The van der Waals surface area contributed by atoms with Crippen LogP contribution in [0.5, 0.6) is 11.5 Å². The van der Waals surface area contributed by atoms with Gasteiger partial charge in [0.25, 0.3) is 0 Å². The Balaban J connectivity index is 1.40. The monoisotopic (exact) mass is 342 g/mol. The van der Waals surface area contributed by atoms with Gasteiger partial charge < -0.3 is 20.1 Å². The van der Waals surface area contributed by atoms with Crippen molar-refractivity contribution in [2.75, 3.05) is 12.1 Å². The average molecular weight is 342 g/mol. The summed E-state index contributed by atoms with van der Waals surface area (Å²) in [5, 5.41) is 10.4. The molecular weight excluding hydrogens is 328 g/mol. The van der Waals surface area contributed by atoms with E-state index in [0.717, 1.165) is 17.2 Å². The van der Waals surface area contributed by atoms with Gasteiger partial charge in [-0.05, 0) is 46.7 Å². The molecule has 116 valence electrons. The van der Waals surface area contributed by atoms with Gasteiger partial charge in [0.15, 0.2) is 16.6 Å². The summed E-state index contributed by atoms with van der Waals surface area (Å²) in [6.07, 6.45) is 0. The predicted octanol–water partition coefficient (Wildman–Crippen LogP) is 4.12. The Morgan fingerprint density at radius 2 is 2.00 bits per heavy atom. The van der Waals surface area contributed by atoms with Crippen LogP contribution in [0.3, 0.4) is 0 Å². The van der Waals surface area contributed by atoms with Crippen LogP contribution in [0.2, 0.25) is 0 Å². The quantitative estimate of drug-likeness (QED) is 0.701. The van der Waals surface area contributed by atoms with Gasteiger partial charge in [0.05, 0.1) is 0 Å². The van der Waals surface area contributed by atoms with Crippen molar-refractivity contribution < 1.29 is 9.47 Å². The molecule has 0 atom stereocenters. The maximum absolute atomic E-state index is 5.37. The molecule has 2 heterocycles. The number of benzene rings is 2. The van der Waals surface area contributed by atoms with Crippen LogP contribution in [-0.2, 0) is 6.54 Å². The Kier molecular flexibility index (Phi) is 3.77. The SMILES string of the molecule is S=C(NCc1csc2ccccc12)Nc1ccc2c(c1)OCO2. The maximum atomic E-state index is 5.37. The first-order valence-corrected chi connectivity index (χ1v) is 8.48. The minimum atomic E-state index is 0.271. The van der Waals surface area contributed by atoms with Crippen molar-refractivity contribution in [2.24, 2.45) is 0 Å². The summed E-state index contributed by atoms with van der Waals surface area (Å²) in [4.78, 5) is 0. The fraction of sp³-hybridized carbons (Fsp3) is 0.118. The fourth-order valence-corrected chi connectivity index (χ4v) is 3.65. The minimum absolute atomic E-state index is 0.271. The smallest absolute Gasteiger partial charge is 0.231 e. The Hall–Kier alpha value is -2.31. The van der Waals surface area contributed by atoms with Crippen LogP contribution in [0.25, 0.3) is 10.1 Å². The second kappa shape index (κ2) is 6.06. The molecule has 0 fully saturated rings. The lowest BCUT2D eigenvalue weighted by Crippen LogP contribution is -2.27. The van der Waals surface area contributed by atoms with Crippen molar-refractivity contribution in [2.45, 2.75) is 6.54 Å². The van der Waals surface area contributed by atoms with Crippen molar-refractivity contribution >= 4 is 44.4 Å². The zero-order valence-corrected chi connectivity index (χ0v) is 13.8. The van der Waals surface area contributed by atoms with Crippen LogP contribution < -0.4 is 20.1 Å². The molecule has 2 N–H and O–H groups in total. The fourth-order valence-electron chi connectivity index (χ4n) is 2.49. The van der Waals surface area contributed by atoms with Gasteiger partial charge in [-0.1, -0.05) is 18.2 Å². The first-order chi connectivity index (χ1) is 11.3. The molecule has 2 aromatic carbocycles. The lowest BCUT2D eigenvalue weighted by atomic mass is 10.2. The molecule has 1 aliphatic heterocycles. The van der Waals surface area contributed by atoms with Crippen LogP contribution >= 0.6 is 23.6 Å². The molecule has 3 aromatic rings. The highest BCUT2D eigenvalue weighted by molar-refractivity contribution is 7.80. The van der Waals surface area contributed by atoms with Crippen molar-refractivity contribution in [1.29, 1.82) is 0 Å². The van der Waals surface area contributed by atoms with E-state index in [-0.39, 0.29) is 6.79 Å². The molecule has 0 saturated carbocycles. The molecule has 23 heavy (non-hydrogen) atoms. The molecule has 0 saturated heterocycles.